The lowest BCUT2D eigenvalue weighted by atomic mass is 9.91. The predicted octanol–water partition coefficient (Wildman–Crippen LogP) is 2.38. The van der Waals surface area contributed by atoms with Gasteiger partial charge in [0.2, 0.25) is 17.7 Å². The van der Waals surface area contributed by atoms with Gasteiger partial charge in [0.25, 0.3) is 0 Å². The average molecular weight is 523 g/mol. The lowest BCUT2D eigenvalue weighted by molar-refractivity contribution is -0.157. The Bertz CT molecular complexity index is 1130. The summed E-state index contributed by atoms with van der Waals surface area (Å²) >= 11 is 0. The normalized spacial score (nSPS) is 19.2. The fourth-order valence-electron chi connectivity index (χ4n) is 4.89. The molecule has 1 aliphatic carbocycles. The van der Waals surface area contributed by atoms with Crippen molar-refractivity contribution in [2.75, 3.05) is 26.2 Å². The summed E-state index contributed by atoms with van der Waals surface area (Å²) in [6.45, 7) is 7.27. The number of benzene rings is 2. The van der Waals surface area contributed by atoms with Gasteiger partial charge in [0.1, 0.15) is 6.04 Å². The predicted molar refractivity (Wildman–Crippen MR) is 148 cm³/mol. The summed E-state index contributed by atoms with van der Waals surface area (Å²) in [5.41, 5.74) is -0.00279. The third kappa shape index (κ3) is 7.40. The molecule has 0 aromatic heterocycles. The van der Waals surface area contributed by atoms with Crippen molar-refractivity contribution in [2.45, 2.75) is 71.1 Å². The van der Waals surface area contributed by atoms with E-state index in [1.807, 2.05) is 42.5 Å². The van der Waals surface area contributed by atoms with Crippen LogP contribution in [0.15, 0.2) is 42.5 Å². The summed E-state index contributed by atoms with van der Waals surface area (Å²) in [6.07, 6.45) is 3.33. The lowest BCUT2D eigenvalue weighted by Gasteiger charge is -2.35. The molecule has 8 heteroatoms. The van der Waals surface area contributed by atoms with Gasteiger partial charge in [-0.1, -0.05) is 63.2 Å². The highest BCUT2D eigenvalue weighted by Gasteiger charge is 2.42. The molecule has 0 radical (unpaired) electrons. The summed E-state index contributed by atoms with van der Waals surface area (Å²) in [6, 6.07) is 12.4. The van der Waals surface area contributed by atoms with Crippen molar-refractivity contribution in [3.05, 3.63) is 48.0 Å². The Morgan fingerprint density at radius 3 is 2.45 bits per heavy atom. The fraction of sp³-hybridized carbons (Fsp3) is 0.567. The maximum atomic E-state index is 13.7. The van der Waals surface area contributed by atoms with Crippen LogP contribution >= 0.6 is 0 Å². The molecular weight excluding hydrogens is 480 g/mol. The summed E-state index contributed by atoms with van der Waals surface area (Å²) in [5, 5.41) is 21.8. The van der Waals surface area contributed by atoms with Crippen LogP contribution in [0.2, 0.25) is 0 Å². The minimum atomic E-state index is -1.04. The van der Waals surface area contributed by atoms with Gasteiger partial charge in [-0.2, -0.15) is 0 Å². The Hall–Kier alpha value is -2.81. The first-order chi connectivity index (χ1) is 18.1. The zero-order valence-corrected chi connectivity index (χ0v) is 22.8. The number of carbonyl (C=O) groups excluding carboxylic acids is 3. The van der Waals surface area contributed by atoms with Crippen LogP contribution in [0.1, 0.15) is 52.0 Å². The number of hydrogen-bond donors (Lipinski definition) is 4. The van der Waals surface area contributed by atoms with Gasteiger partial charge in [-0.25, -0.2) is 0 Å². The van der Waals surface area contributed by atoms with Crippen molar-refractivity contribution >= 4 is 28.5 Å². The second-order valence-electron chi connectivity index (χ2n) is 11.8. The molecule has 2 fully saturated rings. The maximum absolute atomic E-state index is 13.7. The van der Waals surface area contributed by atoms with Crippen LogP contribution in [0.3, 0.4) is 0 Å². The Balaban J connectivity index is 1.58. The first kappa shape index (κ1) is 28.2. The molecule has 2 aromatic carbocycles. The van der Waals surface area contributed by atoms with Crippen molar-refractivity contribution in [1.82, 2.24) is 20.9 Å². The van der Waals surface area contributed by atoms with Crippen molar-refractivity contribution in [2.24, 2.45) is 11.3 Å². The molecule has 2 aliphatic rings. The Kier molecular flexibility index (Phi) is 9.18. The molecule has 38 heavy (non-hydrogen) atoms. The van der Waals surface area contributed by atoms with E-state index in [2.05, 4.69) is 16.0 Å². The molecule has 1 aliphatic heterocycles. The largest absolute Gasteiger partial charge is 0.390 e. The Morgan fingerprint density at radius 1 is 1.05 bits per heavy atom. The quantitative estimate of drug-likeness (QED) is 0.361. The van der Waals surface area contributed by atoms with Crippen LogP contribution in [-0.4, -0.2) is 72.1 Å². The van der Waals surface area contributed by atoms with Crippen LogP contribution in [0.5, 0.6) is 0 Å². The zero-order chi connectivity index (χ0) is 27.3. The number of nitrogens with one attached hydrogen (secondary N) is 3. The minimum Gasteiger partial charge on any atom is -0.390 e. The minimum absolute atomic E-state index is 0.0398. The molecule has 2 aromatic rings. The SMILES string of the molecule is CC(C)(C)C(=O)N(C(=O)[C@@H]1CCCN1)[C@H](Cc1ccc2ccccc2c1)C(=O)NCC(O)CNCC1CC1. The number of imide groups is 1. The molecule has 1 heterocycles. The van der Waals surface area contributed by atoms with E-state index < -0.39 is 29.5 Å². The topological polar surface area (TPSA) is 111 Å². The molecule has 206 valence electrons. The van der Waals surface area contributed by atoms with Gasteiger partial charge < -0.3 is 21.1 Å². The van der Waals surface area contributed by atoms with Gasteiger partial charge in [-0.3, -0.25) is 19.3 Å². The van der Waals surface area contributed by atoms with Crippen molar-refractivity contribution < 1.29 is 19.5 Å². The van der Waals surface area contributed by atoms with Crippen molar-refractivity contribution in [3.8, 4) is 0 Å². The third-order valence-corrected chi connectivity index (χ3v) is 7.34. The molecule has 3 amide bonds. The van der Waals surface area contributed by atoms with E-state index in [1.165, 1.54) is 17.7 Å². The number of carbonyl (C=O) groups is 3. The van der Waals surface area contributed by atoms with E-state index in [1.54, 1.807) is 20.8 Å². The third-order valence-electron chi connectivity index (χ3n) is 7.34. The number of amides is 3. The lowest BCUT2D eigenvalue weighted by Crippen LogP contribution is -2.60. The fourth-order valence-corrected chi connectivity index (χ4v) is 4.89. The summed E-state index contributed by atoms with van der Waals surface area (Å²) in [5.74, 6) is -0.502. The average Bonchev–Trinajstić information content (AvgIpc) is 3.54. The van der Waals surface area contributed by atoms with Gasteiger partial charge in [0, 0.05) is 24.9 Å². The first-order valence-corrected chi connectivity index (χ1v) is 13.9. The molecule has 1 saturated heterocycles. The van der Waals surface area contributed by atoms with E-state index in [9.17, 15) is 19.5 Å². The maximum Gasteiger partial charge on any atom is 0.247 e. The first-order valence-electron chi connectivity index (χ1n) is 13.9. The summed E-state index contributed by atoms with van der Waals surface area (Å²) in [7, 11) is 0. The number of aliphatic hydroxyl groups excluding tert-OH is 1. The van der Waals surface area contributed by atoms with Crippen molar-refractivity contribution in [3.63, 3.8) is 0 Å². The highest BCUT2D eigenvalue weighted by atomic mass is 16.3. The van der Waals surface area contributed by atoms with E-state index in [-0.39, 0.29) is 24.8 Å². The highest BCUT2D eigenvalue weighted by molar-refractivity contribution is 6.04. The smallest absolute Gasteiger partial charge is 0.247 e. The van der Waals surface area contributed by atoms with Gasteiger partial charge >= 0.3 is 0 Å². The van der Waals surface area contributed by atoms with Crippen molar-refractivity contribution in [1.29, 1.82) is 0 Å². The number of nitrogens with zero attached hydrogens (tertiary/aromatic N) is 1. The second kappa shape index (κ2) is 12.4. The van der Waals surface area contributed by atoms with E-state index in [4.69, 9.17) is 0 Å². The molecule has 0 spiro atoms. The number of aliphatic hydroxyl groups is 1. The molecule has 3 atom stereocenters. The number of rotatable bonds is 11. The van der Waals surface area contributed by atoms with Crippen LogP contribution in [-0.2, 0) is 20.8 Å². The summed E-state index contributed by atoms with van der Waals surface area (Å²) < 4.78 is 0. The van der Waals surface area contributed by atoms with Crippen LogP contribution < -0.4 is 16.0 Å². The van der Waals surface area contributed by atoms with Gasteiger partial charge in [-0.15, -0.1) is 0 Å². The Labute approximate surface area is 225 Å². The molecule has 4 N–H and O–H groups in total. The molecule has 8 nitrogen and oxygen atoms in total. The molecule has 0 bridgehead atoms. The summed E-state index contributed by atoms with van der Waals surface area (Å²) in [4.78, 5) is 42.3. The van der Waals surface area contributed by atoms with Crippen LogP contribution in [0.25, 0.3) is 10.8 Å². The van der Waals surface area contributed by atoms with Crippen LogP contribution in [0, 0.1) is 11.3 Å². The Morgan fingerprint density at radius 2 is 1.79 bits per heavy atom. The molecular formula is C30H42N4O4. The van der Waals surface area contributed by atoms with Gasteiger partial charge in [-0.05, 0) is 61.0 Å². The number of hydrogen-bond acceptors (Lipinski definition) is 6. The van der Waals surface area contributed by atoms with Gasteiger partial charge in [0.05, 0.1) is 12.1 Å². The van der Waals surface area contributed by atoms with Gasteiger partial charge in [0.15, 0.2) is 0 Å². The molecule has 1 saturated carbocycles. The van der Waals surface area contributed by atoms with E-state index in [0.29, 0.717) is 25.4 Å². The second-order valence-corrected chi connectivity index (χ2v) is 11.8. The zero-order valence-electron chi connectivity index (χ0n) is 22.8. The standard InChI is InChI=1S/C30H42N4O4/c1-30(2,3)29(38)34(28(37)25-9-6-14-32-25)26(16-21-12-13-22-7-4-5-8-23(22)15-21)27(36)33-19-24(35)18-31-17-20-10-11-20/h4-5,7-8,12-13,15,20,24-26,31-32,35H,6,9-11,14,16-19H2,1-3H3,(H,33,36)/t24?,25-,26+/m0/s1. The molecule has 1 unspecified atom stereocenters. The van der Waals surface area contributed by atoms with Crippen LogP contribution in [0.4, 0.5) is 0 Å². The number of fused-ring (bicyclic) bond motifs is 1. The van der Waals surface area contributed by atoms with E-state index in [0.717, 1.165) is 29.3 Å². The van der Waals surface area contributed by atoms with E-state index >= 15 is 0 Å². The highest BCUT2D eigenvalue weighted by Crippen LogP contribution is 2.27. The monoisotopic (exact) mass is 522 g/mol. The molecule has 4 rings (SSSR count).